The van der Waals surface area contributed by atoms with E-state index in [0.29, 0.717) is 12.2 Å². The van der Waals surface area contributed by atoms with Crippen LogP contribution < -0.4 is 9.88 Å². The minimum atomic E-state index is -1.26. The number of hydrogen-bond donors (Lipinski definition) is 2. The molecule has 0 spiro atoms. The van der Waals surface area contributed by atoms with Crippen LogP contribution in [0.1, 0.15) is 36.6 Å². The van der Waals surface area contributed by atoms with Gasteiger partial charge in [-0.25, -0.2) is 14.6 Å². The van der Waals surface area contributed by atoms with Crippen molar-refractivity contribution in [1.29, 1.82) is 0 Å². The second-order valence-corrected chi connectivity index (χ2v) is 8.81. The number of rotatable bonds is 3. The number of carboxylic acids is 2. The fourth-order valence-electron chi connectivity index (χ4n) is 4.56. The van der Waals surface area contributed by atoms with Crippen LogP contribution in [-0.2, 0) is 9.59 Å². The van der Waals surface area contributed by atoms with Crippen LogP contribution in [0.25, 0.3) is 11.6 Å². The van der Waals surface area contributed by atoms with Crippen molar-refractivity contribution >= 4 is 34.9 Å². The number of hydrogen-bond acceptors (Lipinski definition) is 5. The highest BCUT2D eigenvalue weighted by Gasteiger charge is 2.34. The van der Waals surface area contributed by atoms with Crippen molar-refractivity contribution in [3.63, 3.8) is 0 Å². The van der Waals surface area contributed by atoms with E-state index < -0.39 is 11.9 Å². The van der Waals surface area contributed by atoms with Crippen LogP contribution in [0.3, 0.4) is 0 Å². The number of piperidine rings is 2. The fraction of sp³-hybridized carbons (Fsp3) is 0.409. The summed E-state index contributed by atoms with van der Waals surface area (Å²) >= 11 is 1.96. The Labute approximate surface area is 172 Å². The number of fused-ring (bicyclic) bond motifs is 4. The van der Waals surface area contributed by atoms with Gasteiger partial charge >= 0.3 is 11.9 Å². The predicted molar refractivity (Wildman–Crippen MR) is 112 cm³/mol. The predicted octanol–water partition coefficient (Wildman–Crippen LogP) is 1.89. The number of nitrogens with zero attached hydrogens (tertiary/aromatic N) is 2. The molecule has 2 N–H and O–H groups in total. The van der Waals surface area contributed by atoms with Gasteiger partial charge in [-0.15, -0.1) is 11.3 Å². The average Bonchev–Trinajstić information content (AvgIpc) is 3.25. The van der Waals surface area contributed by atoms with Gasteiger partial charge in [0.1, 0.15) is 0 Å². The molecule has 152 valence electrons. The summed E-state index contributed by atoms with van der Waals surface area (Å²) in [7, 11) is 0. The summed E-state index contributed by atoms with van der Waals surface area (Å²) in [6.07, 6.45) is 15.3. The van der Waals surface area contributed by atoms with Gasteiger partial charge in [0.25, 0.3) is 0 Å². The van der Waals surface area contributed by atoms with Gasteiger partial charge in [-0.2, -0.15) is 0 Å². The normalized spacial score (nSPS) is 26.7. The van der Waals surface area contributed by atoms with E-state index in [1.807, 2.05) is 11.3 Å². The zero-order valence-corrected chi connectivity index (χ0v) is 16.9. The highest BCUT2D eigenvalue weighted by molar-refractivity contribution is 7.09. The Kier molecular flexibility index (Phi) is 5.78. The Balaban J connectivity index is 0.000000221. The lowest BCUT2D eigenvalue weighted by atomic mass is 9.80. The molecule has 0 aromatic carbocycles. The number of aromatic nitrogens is 1. The van der Waals surface area contributed by atoms with Gasteiger partial charge in [-0.3, -0.25) is 0 Å². The van der Waals surface area contributed by atoms with Crippen molar-refractivity contribution in [2.45, 2.75) is 31.6 Å². The van der Waals surface area contributed by atoms with E-state index in [0.717, 1.165) is 18.3 Å². The molecule has 0 amide bonds. The molecule has 7 heteroatoms. The van der Waals surface area contributed by atoms with Crippen molar-refractivity contribution in [2.24, 2.45) is 5.92 Å². The van der Waals surface area contributed by atoms with E-state index in [4.69, 9.17) is 15.2 Å². The molecule has 1 unspecified atom stereocenters. The maximum atomic E-state index is 9.55. The average molecular weight is 413 g/mol. The lowest BCUT2D eigenvalue weighted by Crippen LogP contribution is -2.43. The number of carboxylic acid groups (broad SMARTS) is 2. The Morgan fingerprint density at radius 3 is 2.72 bits per heavy atom. The SMILES string of the molecule is C1=CCC2=c3nc([C@@H]4CCN5CCC[C@H]4C5)sc3=CC2=C1.O=C(O)C=CC(=O)O. The molecule has 0 radical (unpaired) electrons. The summed E-state index contributed by atoms with van der Waals surface area (Å²) in [6.45, 7) is 3.91. The second-order valence-electron chi connectivity index (χ2n) is 7.75. The lowest BCUT2D eigenvalue weighted by Gasteiger charge is -2.41. The molecule has 0 saturated carbocycles. The summed E-state index contributed by atoms with van der Waals surface area (Å²) in [4.78, 5) is 26.9. The van der Waals surface area contributed by atoms with Gasteiger partial charge in [0.15, 0.2) is 0 Å². The first-order valence-electron chi connectivity index (χ1n) is 9.96. The first kappa shape index (κ1) is 19.8. The Bertz CT molecular complexity index is 1020. The largest absolute Gasteiger partial charge is 0.478 e. The second kappa shape index (κ2) is 8.47. The molecule has 1 aromatic rings. The molecule has 4 aliphatic rings. The fourth-order valence-corrected chi connectivity index (χ4v) is 5.83. The third-order valence-electron chi connectivity index (χ3n) is 5.88. The summed E-state index contributed by atoms with van der Waals surface area (Å²) in [5.74, 6) is -0.942. The van der Waals surface area contributed by atoms with Crippen molar-refractivity contribution in [1.82, 2.24) is 9.88 Å². The zero-order chi connectivity index (χ0) is 20.4. The third-order valence-corrected chi connectivity index (χ3v) is 7.01. The van der Waals surface area contributed by atoms with Gasteiger partial charge < -0.3 is 15.1 Å². The van der Waals surface area contributed by atoms with Crippen LogP contribution in [0.2, 0.25) is 0 Å². The highest BCUT2D eigenvalue weighted by Crippen LogP contribution is 2.38. The molecule has 1 aromatic heterocycles. The molecule has 2 bridgehead atoms. The highest BCUT2D eigenvalue weighted by atomic mass is 32.1. The number of carbonyl (C=O) groups is 2. The molecule has 6 nitrogen and oxygen atoms in total. The number of thiazole rings is 1. The maximum Gasteiger partial charge on any atom is 0.328 e. The van der Waals surface area contributed by atoms with E-state index in [2.05, 4.69) is 29.2 Å². The van der Waals surface area contributed by atoms with E-state index >= 15 is 0 Å². The number of aliphatic carboxylic acids is 2. The van der Waals surface area contributed by atoms with Crippen molar-refractivity contribution in [2.75, 3.05) is 19.6 Å². The first-order chi connectivity index (χ1) is 14.0. The molecular weight excluding hydrogens is 388 g/mol. The number of allylic oxidation sites excluding steroid dienone is 4. The quantitative estimate of drug-likeness (QED) is 0.737. The topological polar surface area (TPSA) is 90.7 Å². The van der Waals surface area contributed by atoms with Crippen LogP contribution in [0.15, 0.2) is 36.0 Å². The van der Waals surface area contributed by atoms with Gasteiger partial charge in [0, 0.05) is 24.6 Å². The van der Waals surface area contributed by atoms with Crippen molar-refractivity contribution < 1.29 is 19.8 Å². The van der Waals surface area contributed by atoms with Gasteiger partial charge in [0.2, 0.25) is 0 Å². The van der Waals surface area contributed by atoms with Gasteiger partial charge in [-0.1, -0.05) is 18.2 Å². The Morgan fingerprint density at radius 2 is 1.97 bits per heavy atom. The molecule has 2 saturated heterocycles. The lowest BCUT2D eigenvalue weighted by molar-refractivity contribution is -0.134. The maximum absolute atomic E-state index is 9.55. The molecule has 2 aliphatic heterocycles. The van der Waals surface area contributed by atoms with Crippen LogP contribution in [0, 0.1) is 5.92 Å². The van der Waals surface area contributed by atoms with Crippen LogP contribution >= 0.6 is 11.3 Å². The zero-order valence-electron chi connectivity index (χ0n) is 16.1. The molecule has 2 aliphatic carbocycles. The van der Waals surface area contributed by atoms with Crippen molar-refractivity contribution in [3.8, 4) is 0 Å². The third kappa shape index (κ3) is 4.41. The molecule has 3 atom stereocenters. The minimum Gasteiger partial charge on any atom is -0.478 e. The summed E-state index contributed by atoms with van der Waals surface area (Å²) in [6, 6.07) is 0. The minimum absolute atomic E-state index is 0.558. The standard InChI is InChI=1S/C18H20N2S.C4H4O4/c1-2-6-14-12(4-1)10-16-17(14)19-18(21-16)15-7-9-20-8-3-5-13(15)11-20;5-3(6)1-2-4(7)8/h1-2,4,10,13,15H,3,5-9,11H2;1-2H,(H,5,6)(H,7,8)/t13-,15+;/m0./s1. The van der Waals surface area contributed by atoms with E-state index in [-0.39, 0.29) is 0 Å². The monoisotopic (exact) mass is 412 g/mol. The van der Waals surface area contributed by atoms with Gasteiger partial charge in [0.05, 0.1) is 14.9 Å². The van der Waals surface area contributed by atoms with Crippen LogP contribution in [0.4, 0.5) is 0 Å². The Hall–Kier alpha value is -2.51. The summed E-state index contributed by atoms with van der Waals surface area (Å²) in [5.41, 5.74) is 2.85. The molecular formula is C22H24N2O4S. The van der Waals surface area contributed by atoms with Crippen molar-refractivity contribution in [3.05, 3.63) is 50.8 Å². The Morgan fingerprint density at radius 1 is 1.17 bits per heavy atom. The van der Waals surface area contributed by atoms with E-state index in [9.17, 15) is 9.59 Å². The molecule has 3 heterocycles. The van der Waals surface area contributed by atoms with Crippen LogP contribution in [0.5, 0.6) is 0 Å². The molecule has 29 heavy (non-hydrogen) atoms. The summed E-state index contributed by atoms with van der Waals surface area (Å²) < 4.78 is 1.41. The van der Waals surface area contributed by atoms with E-state index in [1.165, 1.54) is 64.9 Å². The molecule has 5 rings (SSSR count). The summed E-state index contributed by atoms with van der Waals surface area (Å²) in [5, 5.41) is 18.3. The van der Waals surface area contributed by atoms with Gasteiger partial charge in [-0.05, 0) is 61.9 Å². The van der Waals surface area contributed by atoms with Crippen LogP contribution in [-0.4, -0.2) is 51.7 Å². The first-order valence-corrected chi connectivity index (χ1v) is 10.8. The molecule has 2 fully saturated rings. The smallest absolute Gasteiger partial charge is 0.328 e. The van der Waals surface area contributed by atoms with E-state index in [1.54, 1.807) is 0 Å².